The first kappa shape index (κ1) is 20.6. The van der Waals surface area contributed by atoms with Crippen LogP contribution >= 0.6 is 27.5 Å². The number of nitriles is 1. The Kier molecular flexibility index (Phi) is 7.47. The van der Waals surface area contributed by atoms with Gasteiger partial charge >= 0.3 is 0 Å². The summed E-state index contributed by atoms with van der Waals surface area (Å²) in [7, 11) is 1.56. The molecule has 0 saturated carbocycles. The summed E-state index contributed by atoms with van der Waals surface area (Å²) in [6.07, 6.45) is 3.06. The summed E-state index contributed by atoms with van der Waals surface area (Å²) in [5.74, 6) is 0.610. The molecule has 0 heterocycles. The summed E-state index contributed by atoms with van der Waals surface area (Å²) in [5, 5.41) is 12.4. The molecule has 0 aliphatic carbocycles. The van der Waals surface area contributed by atoms with Crippen LogP contribution in [-0.2, 0) is 4.79 Å². The predicted molar refractivity (Wildman–Crippen MR) is 110 cm³/mol. The highest BCUT2D eigenvalue weighted by Gasteiger charge is 2.12. The summed E-state index contributed by atoms with van der Waals surface area (Å²) in [6.45, 7) is 3.89. The van der Waals surface area contributed by atoms with Crippen molar-refractivity contribution in [3.63, 3.8) is 0 Å². The number of benzene rings is 2. The lowest BCUT2D eigenvalue weighted by molar-refractivity contribution is -0.112. The molecular formula is C20H16BrClN2O3. The normalized spacial score (nSPS) is 10.7. The Balaban J connectivity index is 2.22. The topological polar surface area (TPSA) is 71.3 Å². The number of carbonyl (C=O) groups excluding carboxylic acids is 1. The number of carbonyl (C=O) groups is 1. The van der Waals surface area contributed by atoms with Crippen LogP contribution in [0.5, 0.6) is 11.5 Å². The molecule has 2 aromatic carbocycles. The van der Waals surface area contributed by atoms with Gasteiger partial charge in [-0.15, -0.1) is 0 Å². The number of rotatable bonds is 7. The number of methoxy groups -OCH3 is 1. The van der Waals surface area contributed by atoms with Gasteiger partial charge in [-0.1, -0.05) is 24.3 Å². The van der Waals surface area contributed by atoms with E-state index in [0.29, 0.717) is 38.9 Å². The average Bonchev–Trinajstić information content (AvgIpc) is 2.66. The Morgan fingerprint density at radius 3 is 2.63 bits per heavy atom. The molecule has 138 valence electrons. The van der Waals surface area contributed by atoms with Gasteiger partial charge in [-0.3, -0.25) is 4.79 Å². The van der Waals surface area contributed by atoms with Crippen molar-refractivity contribution >= 4 is 45.2 Å². The lowest BCUT2D eigenvalue weighted by Gasteiger charge is -2.10. The van der Waals surface area contributed by atoms with Crippen molar-refractivity contribution in [3.8, 4) is 17.6 Å². The molecular weight excluding hydrogens is 432 g/mol. The second kappa shape index (κ2) is 9.81. The SMILES string of the molecule is C=CCOc1c(Cl)cc(/C=C(/C#N)C(=O)Nc2ccc(OC)cc2)cc1Br. The van der Waals surface area contributed by atoms with Gasteiger partial charge in [0.25, 0.3) is 5.91 Å². The fraction of sp³-hybridized carbons (Fsp3) is 0.100. The Hall–Kier alpha value is -2.75. The molecule has 0 bridgehead atoms. The number of hydrogen-bond acceptors (Lipinski definition) is 4. The molecule has 2 aromatic rings. The Labute approximate surface area is 171 Å². The van der Waals surface area contributed by atoms with Crippen molar-refractivity contribution in [2.75, 3.05) is 19.0 Å². The first-order valence-corrected chi connectivity index (χ1v) is 8.95. The van der Waals surface area contributed by atoms with Crippen molar-refractivity contribution < 1.29 is 14.3 Å². The van der Waals surface area contributed by atoms with Crippen molar-refractivity contribution in [2.45, 2.75) is 0 Å². The van der Waals surface area contributed by atoms with E-state index >= 15 is 0 Å². The van der Waals surface area contributed by atoms with Crippen molar-refractivity contribution in [3.05, 3.63) is 69.7 Å². The van der Waals surface area contributed by atoms with E-state index in [1.165, 1.54) is 6.08 Å². The van der Waals surface area contributed by atoms with Crippen LogP contribution in [0.3, 0.4) is 0 Å². The van der Waals surface area contributed by atoms with E-state index in [4.69, 9.17) is 21.1 Å². The molecule has 0 saturated heterocycles. The molecule has 0 aromatic heterocycles. The number of hydrogen-bond donors (Lipinski definition) is 1. The van der Waals surface area contributed by atoms with Crippen LogP contribution in [0, 0.1) is 11.3 Å². The summed E-state index contributed by atoms with van der Waals surface area (Å²) in [4.78, 5) is 12.4. The third-order valence-corrected chi connectivity index (χ3v) is 4.26. The first-order chi connectivity index (χ1) is 13.0. The third-order valence-electron chi connectivity index (χ3n) is 3.39. The largest absolute Gasteiger partial charge is 0.497 e. The maximum atomic E-state index is 12.4. The van der Waals surface area contributed by atoms with Crippen LogP contribution in [0.15, 0.2) is 59.1 Å². The molecule has 5 nitrogen and oxygen atoms in total. The zero-order valence-electron chi connectivity index (χ0n) is 14.5. The summed E-state index contributed by atoms with van der Waals surface area (Å²) < 4.78 is 11.2. The average molecular weight is 448 g/mol. The smallest absolute Gasteiger partial charge is 0.266 e. The number of halogens is 2. The lowest BCUT2D eigenvalue weighted by Crippen LogP contribution is -2.13. The van der Waals surface area contributed by atoms with Gasteiger partial charge in [-0.2, -0.15) is 5.26 Å². The van der Waals surface area contributed by atoms with Gasteiger partial charge in [0.1, 0.15) is 24.0 Å². The molecule has 7 heteroatoms. The summed E-state index contributed by atoms with van der Waals surface area (Å²) >= 11 is 9.60. The number of nitrogens with zero attached hydrogens (tertiary/aromatic N) is 1. The fourth-order valence-electron chi connectivity index (χ4n) is 2.13. The third kappa shape index (κ3) is 5.61. The van der Waals surface area contributed by atoms with E-state index in [1.807, 2.05) is 6.07 Å². The minimum absolute atomic E-state index is 0.0615. The van der Waals surface area contributed by atoms with E-state index in [1.54, 1.807) is 49.6 Å². The van der Waals surface area contributed by atoms with Crippen molar-refractivity contribution in [1.82, 2.24) is 0 Å². The van der Waals surface area contributed by atoms with Crippen molar-refractivity contribution in [2.24, 2.45) is 0 Å². The van der Waals surface area contributed by atoms with Crippen molar-refractivity contribution in [1.29, 1.82) is 5.26 Å². The van der Waals surface area contributed by atoms with Gasteiger partial charge in [-0.25, -0.2) is 0 Å². The molecule has 0 radical (unpaired) electrons. The monoisotopic (exact) mass is 446 g/mol. The van der Waals surface area contributed by atoms with Crippen LogP contribution in [0.25, 0.3) is 6.08 Å². The summed E-state index contributed by atoms with van der Waals surface area (Å²) in [5.41, 5.74) is 1.07. The molecule has 1 N–H and O–H groups in total. The predicted octanol–water partition coefficient (Wildman–Crippen LogP) is 5.22. The zero-order valence-corrected chi connectivity index (χ0v) is 16.8. The first-order valence-electron chi connectivity index (χ1n) is 7.78. The minimum atomic E-state index is -0.526. The molecule has 1 amide bonds. The van der Waals surface area contributed by atoms with Gasteiger partial charge in [0.15, 0.2) is 5.75 Å². The molecule has 0 aliphatic rings. The Morgan fingerprint density at radius 1 is 1.37 bits per heavy atom. The number of anilines is 1. The fourth-order valence-corrected chi connectivity index (χ4v) is 3.12. The van der Waals surface area contributed by atoms with Gasteiger partial charge < -0.3 is 14.8 Å². The number of ether oxygens (including phenoxy) is 2. The summed E-state index contributed by atoms with van der Waals surface area (Å²) in [6, 6.07) is 12.0. The zero-order chi connectivity index (χ0) is 19.8. The molecule has 0 aliphatic heterocycles. The van der Waals surface area contributed by atoms with Crippen LogP contribution in [0.1, 0.15) is 5.56 Å². The second-order valence-electron chi connectivity index (χ2n) is 5.27. The van der Waals surface area contributed by atoms with Gasteiger partial charge in [-0.05, 0) is 64.0 Å². The molecule has 0 unspecified atom stereocenters. The number of nitrogens with one attached hydrogen (secondary N) is 1. The molecule has 0 fully saturated rings. The van der Waals surface area contributed by atoms with Crippen LogP contribution in [0.4, 0.5) is 5.69 Å². The highest BCUT2D eigenvalue weighted by Crippen LogP contribution is 2.35. The van der Waals surface area contributed by atoms with E-state index < -0.39 is 5.91 Å². The van der Waals surface area contributed by atoms with Crippen LogP contribution in [-0.4, -0.2) is 19.6 Å². The lowest BCUT2D eigenvalue weighted by atomic mass is 10.1. The second-order valence-corrected chi connectivity index (χ2v) is 6.53. The molecule has 0 spiro atoms. The molecule has 27 heavy (non-hydrogen) atoms. The molecule has 2 rings (SSSR count). The van der Waals surface area contributed by atoms with E-state index in [9.17, 15) is 10.1 Å². The Morgan fingerprint density at radius 2 is 2.07 bits per heavy atom. The van der Waals surface area contributed by atoms with E-state index in [2.05, 4.69) is 27.8 Å². The van der Waals surface area contributed by atoms with Crippen LogP contribution < -0.4 is 14.8 Å². The molecule has 0 atom stereocenters. The standard InChI is InChI=1S/C20H16BrClN2O3/c1-3-8-27-19-17(21)10-13(11-18(19)22)9-14(12-23)20(25)24-15-4-6-16(26-2)7-5-15/h3-7,9-11H,1,8H2,2H3,(H,24,25)/b14-9-. The maximum Gasteiger partial charge on any atom is 0.266 e. The highest BCUT2D eigenvalue weighted by atomic mass is 79.9. The van der Waals surface area contributed by atoms with E-state index in [0.717, 1.165) is 0 Å². The Bertz CT molecular complexity index is 895. The minimum Gasteiger partial charge on any atom is -0.497 e. The van der Waals surface area contributed by atoms with Gasteiger partial charge in [0.05, 0.1) is 16.6 Å². The van der Waals surface area contributed by atoms with Crippen LogP contribution in [0.2, 0.25) is 5.02 Å². The van der Waals surface area contributed by atoms with Gasteiger partial charge in [0, 0.05) is 5.69 Å². The number of amides is 1. The van der Waals surface area contributed by atoms with Gasteiger partial charge in [0.2, 0.25) is 0 Å². The maximum absolute atomic E-state index is 12.4. The highest BCUT2D eigenvalue weighted by molar-refractivity contribution is 9.10. The quantitative estimate of drug-likeness (QED) is 0.359. The van der Waals surface area contributed by atoms with E-state index in [-0.39, 0.29) is 5.57 Å².